The van der Waals surface area contributed by atoms with E-state index in [0.717, 1.165) is 0 Å². The minimum absolute atomic E-state index is 0.0384. The number of amides is 1. The maximum absolute atomic E-state index is 11.8. The maximum Gasteiger partial charge on any atom is 0.412 e. The van der Waals surface area contributed by atoms with Gasteiger partial charge < -0.3 is 9.47 Å². The summed E-state index contributed by atoms with van der Waals surface area (Å²) >= 11 is 3.14. The minimum Gasteiger partial charge on any atom is -0.443 e. The van der Waals surface area contributed by atoms with Crippen molar-refractivity contribution >= 4 is 43.8 Å². The lowest BCUT2D eigenvalue weighted by Gasteiger charge is -2.23. The van der Waals surface area contributed by atoms with Gasteiger partial charge in [0.25, 0.3) is 10.1 Å². The third-order valence-electron chi connectivity index (χ3n) is 2.92. The third kappa shape index (κ3) is 7.28. The van der Waals surface area contributed by atoms with E-state index in [9.17, 15) is 18.0 Å². The van der Waals surface area contributed by atoms with Gasteiger partial charge in [0, 0.05) is 5.69 Å². The highest BCUT2D eigenvalue weighted by Crippen LogP contribution is 2.28. The van der Waals surface area contributed by atoms with Crippen LogP contribution in [-0.4, -0.2) is 36.4 Å². The summed E-state index contributed by atoms with van der Waals surface area (Å²) in [6.07, 6.45) is 0.0112. The van der Waals surface area contributed by atoms with Crippen LogP contribution in [0, 0.1) is 0 Å². The molecule has 0 fully saturated rings. The van der Waals surface area contributed by atoms with Gasteiger partial charge in [-0.2, -0.15) is 8.42 Å². The van der Waals surface area contributed by atoms with E-state index in [1.807, 2.05) is 6.92 Å². The molecule has 0 aromatic heterocycles. The number of rotatable bonds is 6. The molecule has 2 N–H and O–H groups in total. The van der Waals surface area contributed by atoms with E-state index in [-0.39, 0.29) is 5.75 Å². The quantitative estimate of drug-likeness (QED) is 0.409. The Labute approximate surface area is 148 Å². The molecule has 134 valence electrons. The smallest absolute Gasteiger partial charge is 0.412 e. The Balaban J connectivity index is 2.74. The highest BCUT2D eigenvalue weighted by Gasteiger charge is 2.21. The fourth-order valence-electron chi connectivity index (χ4n) is 1.43. The lowest BCUT2D eigenvalue weighted by molar-refractivity contribution is -0.131. The average molecular weight is 424 g/mol. The van der Waals surface area contributed by atoms with Crippen molar-refractivity contribution in [2.45, 2.75) is 32.8 Å². The van der Waals surface area contributed by atoms with Crippen LogP contribution in [0.5, 0.6) is 5.75 Å². The highest BCUT2D eigenvalue weighted by atomic mass is 79.9. The molecule has 0 aliphatic carbocycles. The molecule has 0 spiro atoms. The largest absolute Gasteiger partial charge is 0.443 e. The lowest BCUT2D eigenvalue weighted by atomic mass is 10.1. The molecule has 1 aromatic rings. The molecule has 0 atom stereocenters. The first-order valence-corrected chi connectivity index (χ1v) is 9.27. The number of carbonyl (C=O) groups excluding carboxylic acids is 2. The van der Waals surface area contributed by atoms with Crippen molar-refractivity contribution in [3.63, 3.8) is 0 Å². The number of ether oxygens (including phenoxy) is 2. The van der Waals surface area contributed by atoms with Crippen molar-refractivity contribution in [3.8, 4) is 5.75 Å². The van der Waals surface area contributed by atoms with Crippen LogP contribution in [0.4, 0.5) is 10.5 Å². The van der Waals surface area contributed by atoms with Crippen LogP contribution in [0.1, 0.15) is 27.2 Å². The normalized spacial score (nSPS) is 11.7. The standard InChI is InChI=1S/C14H18BrNO7S/c1-4-14(2,3)23-13(18)16-9-5-6-11(10(15)7-9)22-12(17)8-24(19,20)21/h5-7H,4,8H2,1-3H3,(H,16,18)(H,19,20,21). The minimum atomic E-state index is -4.46. The molecule has 10 heteroatoms. The Morgan fingerprint density at radius 3 is 2.46 bits per heavy atom. The number of nitrogens with one attached hydrogen (secondary N) is 1. The SMILES string of the molecule is CCC(C)(C)OC(=O)Nc1ccc(OC(=O)CS(=O)(=O)O)c(Br)c1. The molecule has 0 radical (unpaired) electrons. The number of esters is 1. The fraction of sp³-hybridized carbons (Fsp3) is 0.429. The third-order valence-corrected chi connectivity index (χ3v) is 4.14. The van der Waals surface area contributed by atoms with Crippen LogP contribution >= 0.6 is 15.9 Å². The Hall–Kier alpha value is -1.65. The molecular formula is C14H18BrNO7S. The van der Waals surface area contributed by atoms with Gasteiger partial charge in [-0.1, -0.05) is 6.92 Å². The van der Waals surface area contributed by atoms with Gasteiger partial charge in [0.2, 0.25) is 0 Å². The predicted molar refractivity (Wildman–Crippen MR) is 90.7 cm³/mol. The van der Waals surface area contributed by atoms with Crippen LogP contribution in [0.2, 0.25) is 0 Å². The van der Waals surface area contributed by atoms with E-state index < -0.39 is 33.5 Å². The summed E-state index contributed by atoms with van der Waals surface area (Å²) in [4.78, 5) is 23.1. The van der Waals surface area contributed by atoms with Crippen LogP contribution in [-0.2, 0) is 19.6 Å². The number of hydrogen-bond acceptors (Lipinski definition) is 6. The van der Waals surface area contributed by atoms with E-state index in [1.54, 1.807) is 13.8 Å². The number of benzene rings is 1. The van der Waals surface area contributed by atoms with Crippen LogP contribution in [0.3, 0.4) is 0 Å². The van der Waals surface area contributed by atoms with Gasteiger partial charge in [-0.05, 0) is 54.4 Å². The van der Waals surface area contributed by atoms with E-state index >= 15 is 0 Å². The Kier molecular flexibility index (Phi) is 6.76. The molecule has 0 bridgehead atoms. The zero-order chi connectivity index (χ0) is 18.5. The van der Waals surface area contributed by atoms with Gasteiger partial charge in [-0.15, -0.1) is 0 Å². The summed E-state index contributed by atoms with van der Waals surface area (Å²) in [5, 5.41) is 2.52. The van der Waals surface area contributed by atoms with Crippen LogP contribution in [0.15, 0.2) is 22.7 Å². The molecule has 0 unspecified atom stereocenters. The lowest BCUT2D eigenvalue weighted by Crippen LogP contribution is -2.29. The summed E-state index contributed by atoms with van der Waals surface area (Å²) in [6, 6.07) is 4.25. The first-order valence-electron chi connectivity index (χ1n) is 6.87. The van der Waals surface area contributed by atoms with Gasteiger partial charge in [-0.3, -0.25) is 14.7 Å². The molecule has 1 aromatic carbocycles. The van der Waals surface area contributed by atoms with Gasteiger partial charge in [-0.25, -0.2) is 4.79 Å². The molecular weight excluding hydrogens is 406 g/mol. The topological polar surface area (TPSA) is 119 Å². The van der Waals surface area contributed by atoms with Gasteiger partial charge >= 0.3 is 12.1 Å². The van der Waals surface area contributed by atoms with Gasteiger partial charge in [0.1, 0.15) is 11.4 Å². The summed E-state index contributed by atoms with van der Waals surface area (Å²) in [5.41, 5.74) is -0.222. The molecule has 0 aliphatic rings. The first kappa shape index (κ1) is 20.4. The van der Waals surface area contributed by atoms with E-state index in [1.165, 1.54) is 18.2 Å². The summed E-state index contributed by atoms with van der Waals surface area (Å²) in [7, 11) is -4.46. The van der Waals surface area contributed by atoms with E-state index in [2.05, 4.69) is 21.2 Å². The summed E-state index contributed by atoms with van der Waals surface area (Å²) in [6.45, 7) is 5.44. The van der Waals surface area contributed by atoms with Crippen molar-refractivity contribution in [2.75, 3.05) is 11.1 Å². The Morgan fingerprint density at radius 1 is 1.33 bits per heavy atom. The van der Waals surface area contributed by atoms with E-state index in [0.29, 0.717) is 16.6 Å². The van der Waals surface area contributed by atoms with E-state index in [4.69, 9.17) is 14.0 Å². The second-order valence-corrected chi connectivity index (χ2v) is 7.78. The maximum atomic E-state index is 11.8. The number of anilines is 1. The monoisotopic (exact) mass is 423 g/mol. The van der Waals surface area contributed by atoms with Crippen molar-refractivity contribution in [1.29, 1.82) is 0 Å². The zero-order valence-corrected chi connectivity index (χ0v) is 15.7. The second kappa shape index (κ2) is 7.95. The van der Waals surface area contributed by atoms with Gasteiger partial charge in [0.05, 0.1) is 4.47 Å². The van der Waals surface area contributed by atoms with Gasteiger partial charge in [0.15, 0.2) is 5.75 Å². The predicted octanol–water partition coefficient (Wildman–Crippen LogP) is 2.98. The average Bonchev–Trinajstić information content (AvgIpc) is 2.39. The number of halogens is 1. The molecule has 0 saturated heterocycles. The molecule has 0 saturated carbocycles. The molecule has 1 amide bonds. The van der Waals surface area contributed by atoms with Crippen LogP contribution in [0.25, 0.3) is 0 Å². The number of carbonyl (C=O) groups is 2. The number of hydrogen-bond donors (Lipinski definition) is 2. The zero-order valence-electron chi connectivity index (χ0n) is 13.3. The summed E-state index contributed by atoms with van der Waals surface area (Å²) < 4.78 is 40.2. The molecule has 0 aliphatic heterocycles. The van der Waals surface area contributed by atoms with Crippen molar-refractivity contribution < 1.29 is 32.0 Å². The summed E-state index contributed by atoms with van der Waals surface area (Å²) in [5.74, 6) is -2.25. The Bertz CT molecular complexity index is 731. The second-order valence-electron chi connectivity index (χ2n) is 5.47. The fourth-order valence-corrected chi connectivity index (χ4v) is 2.25. The van der Waals surface area contributed by atoms with Crippen molar-refractivity contribution in [2.24, 2.45) is 0 Å². The molecule has 0 heterocycles. The van der Waals surface area contributed by atoms with Crippen molar-refractivity contribution in [1.82, 2.24) is 0 Å². The first-order chi connectivity index (χ1) is 10.9. The molecule has 24 heavy (non-hydrogen) atoms. The highest BCUT2D eigenvalue weighted by molar-refractivity contribution is 9.10. The molecule has 8 nitrogen and oxygen atoms in total. The van der Waals surface area contributed by atoms with Crippen LogP contribution < -0.4 is 10.1 Å². The van der Waals surface area contributed by atoms with Crippen molar-refractivity contribution in [3.05, 3.63) is 22.7 Å². The molecule has 1 rings (SSSR count). The Morgan fingerprint density at radius 2 is 1.96 bits per heavy atom.